The summed E-state index contributed by atoms with van der Waals surface area (Å²) < 4.78 is 87.1. The zero-order valence-corrected chi connectivity index (χ0v) is 24.8. The second kappa shape index (κ2) is 13.2. The van der Waals surface area contributed by atoms with Crippen LogP contribution in [0.25, 0.3) is 0 Å². The molecule has 3 heterocycles. The number of benzene rings is 1. The van der Waals surface area contributed by atoms with Gasteiger partial charge in [0.25, 0.3) is 5.91 Å². The van der Waals surface area contributed by atoms with Crippen LogP contribution in [-0.2, 0) is 21.9 Å². The van der Waals surface area contributed by atoms with E-state index >= 15 is 0 Å². The van der Waals surface area contributed by atoms with Crippen molar-refractivity contribution in [1.82, 2.24) is 20.5 Å². The van der Waals surface area contributed by atoms with E-state index in [2.05, 4.69) is 22.2 Å². The minimum Gasteiger partial charge on any atom is -0.372 e. The molecule has 2 fully saturated rings. The van der Waals surface area contributed by atoms with E-state index in [0.717, 1.165) is 0 Å². The number of piperidine rings is 1. The van der Waals surface area contributed by atoms with Crippen molar-refractivity contribution >= 4 is 11.8 Å². The van der Waals surface area contributed by atoms with Crippen molar-refractivity contribution in [2.24, 2.45) is 0 Å². The van der Waals surface area contributed by atoms with Crippen molar-refractivity contribution in [1.29, 1.82) is 0 Å². The third kappa shape index (κ3) is 7.82. The monoisotopic (exact) mass is 636 g/mol. The topological polar surface area (TPSA) is 83.6 Å². The molecule has 0 spiro atoms. The molecule has 4 rings (SSSR count). The minimum absolute atomic E-state index is 0.0636. The van der Waals surface area contributed by atoms with E-state index in [4.69, 9.17) is 4.74 Å². The van der Waals surface area contributed by atoms with Gasteiger partial charge in [0.05, 0.1) is 41.5 Å². The van der Waals surface area contributed by atoms with Crippen molar-refractivity contribution in [3.8, 4) is 0 Å². The third-order valence-corrected chi connectivity index (χ3v) is 8.19. The van der Waals surface area contributed by atoms with Crippen LogP contribution in [0.15, 0.2) is 79.1 Å². The quantitative estimate of drug-likeness (QED) is 0.246. The predicted octanol–water partition coefficient (Wildman–Crippen LogP) is 6.02. The number of piperazine rings is 1. The Bertz CT molecular complexity index is 1440. The molecule has 2 aliphatic rings. The number of aromatic nitrogens is 1. The molecule has 242 valence electrons. The Balaban J connectivity index is 1.61. The highest BCUT2D eigenvalue weighted by atomic mass is 19.4. The van der Waals surface area contributed by atoms with Gasteiger partial charge in [0.15, 0.2) is 0 Å². The molecule has 0 aliphatic carbocycles. The molecule has 0 saturated carbocycles. The average Bonchev–Trinajstić information content (AvgIpc) is 2.99. The Morgan fingerprint density at radius 3 is 2.42 bits per heavy atom. The van der Waals surface area contributed by atoms with E-state index in [1.807, 2.05) is 11.8 Å². The molecule has 2 N–H and O–H groups in total. The van der Waals surface area contributed by atoms with Gasteiger partial charge in [-0.15, -0.1) is 0 Å². The maximum atomic E-state index is 13.5. The fourth-order valence-corrected chi connectivity index (χ4v) is 5.67. The highest BCUT2D eigenvalue weighted by molar-refractivity contribution is 5.92. The fourth-order valence-electron chi connectivity index (χ4n) is 5.67. The van der Waals surface area contributed by atoms with Gasteiger partial charge in [0, 0.05) is 19.3 Å². The first-order valence-corrected chi connectivity index (χ1v) is 14.2. The molecule has 2 aliphatic heterocycles. The van der Waals surface area contributed by atoms with Crippen molar-refractivity contribution in [2.45, 2.75) is 56.2 Å². The Morgan fingerprint density at radius 1 is 1.13 bits per heavy atom. The normalized spacial score (nSPS) is 24.4. The smallest absolute Gasteiger partial charge is 0.372 e. The summed E-state index contributed by atoms with van der Waals surface area (Å²) in [4.78, 5) is 31.6. The van der Waals surface area contributed by atoms with Gasteiger partial charge >= 0.3 is 12.4 Å². The number of halogens is 6. The standard InChI is InChI=1S/C32H34F6N4O3/c1-4-5-6-9-21(2)30(20-45-22(3)23-14-24(31(33,34)35)16-25(15-23)32(36,37)38)12-11-29(19-42(30)17-27(43)41-29)18-40-28(44)26-10-7-8-13-39-26/h4-10,13-16,22H,2,11-12,17-20H2,1,3H3,(H,40,44)(H,41,43)/b5-4-,9-6-/t22-,29+,30-/m1/s1. The number of rotatable bonds is 10. The van der Waals surface area contributed by atoms with Crippen LogP contribution in [0.3, 0.4) is 0 Å². The summed E-state index contributed by atoms with van der Waals surface area (Å²) in [7, 11) is 0. The number of carbonyl (C=O) groups excluding carboxylic acids is 2. The molecule has 2 amide bonds. The lowest BCUT2D eigenvalue weighted by atomic mass is 9.73. The van der Waals surface area contributed by atoms with Gasteiger partial charge in [-0.3, -0.25) is 19.5 Å². The van der Waals surface area contributed by atoms with E-state index in [0.29, 0.717) is 30.5 Å². The van der Waals surface area contributed by atoms with Gasteiger partial charge in [-0.25, -0.2) is 0 Å². The molecule has 1 aromatic carbocycles. The summed E-state index contributed by atoms with van der Waals surface area (Å²) in [5, 5.41) is 5.84. The molecule has 7 nitrogen and oxygen atoms in total. The van der Waals surface area contributed by atoms with Gasteiger partial charge in [-0.05, 0) is 68.2 Å². The zero-order valence-electron chi connectivity index (χ0n) is 24.8. The number of pyridine rings is 1. The van der Waals surface area contributed by atoms with Crippen LogP contribution in [-0.4, -0.2) is 59.0 Å². The van der Waals surface area contributed by atoms with Crippen LogP contribution in [0.1, 0.15) is 60.0 Å². The van der Waals surface area contributed by atoms with Crippen LogP contribution in [0.4, 0.5) is 26.3 Å². The lowest BCUT2D eigenvalue weighted by molar-refractivity contribution is -0.143. The van der Waals surface area contributed by atoms with Gasteiger partial charge in [-0.2, -0.15) is 26.3 Å². The lowest BCUT2D eigenvalue weighted by Gasteiger charge is -2.57. The number of nitrogens with one attached hydrogen (secondary N) is 2. The number of ether oxygens (including phenoxy) is 1. The Hall–Kier alpha value is -3.97. The van der Waals surface area contributed by atoms with E-state index < -0.39 is 46.6 Å². The maximum Gasteiger partial charge on any atom is 0.416 e. The molecular formula is C32H34F6N4O3. The van der Waals surface area contributed by atoms with Crippen molar-refractivity contribution in [3.63, 3.8) is 0 Å². The molecule has 2 bridgehead atoms. The second-order valence-corrected chi connectivity index (χ2v) is 11.3. The number of hydrogen-bond acceptors (Lipinski definition) is 5. The summed E-state index contributed by atoms with van der Waals surface area (Å²) >= 11 is 0. The summed E-state index contributed by atoms with van der Waals surface area (Å²) in [5.74, 6) is -0.730. The molecule has 2 saturated heterocycles. The summed E-state index contributed by atoms with van der Waals surface area (Å²) in [6.07, 6.45) is -1.90. The maximum absolute atomic E-state index is 13.5. The molecule has 1 unspecified atom stereocenters. The first kappa shape index (κ1) is 33.9. The average molecular weight is 637 g/mol. The molecule has 0 radical (unpaired) electrons. The Kier molecular flexibility index (Phi) is 9.93. The summed E-state index contributed by atoms with van der Waals surface area (Å²) in [6, 6.07) is 6.29. The molecular weight excluding hydrogens is 602 g/mol. The molecule has 1 aromatic heterocycles. The van der Waals surface area contributed by atoms with E-state index in [1.165, 1.54) is 13.1 Å². The van der Waals surface area contributed by atoms with Crippen molar-refractivity contribution < 1.29 is 40.7 Å². The van der Waals surface area contributed by atoms with Crippen LogP contribution in [0.2, 0.25) is 0 Å². The van der Waals surface area contributed by atoms with E-state index in [-0.39, 0.29) is 49.5 Å². The molecule has 2 aromatic rings. The number of alkyl halides is 6. The summed E-state index contributed by atoms with van der Waals surface area (Å²) in [6.45, 7) is 7.57. The van der Waals surface area contributed by atoms with Crippen LogP contribution in [0.5, 0.6) is 0 Å². The highest BCUT2D eigenvalue weighted by Crippen LogP contribution is 2.42. The molecule has 13 heteroatoms. The highest BCUT2D eigenvalue weighted by Gasteiger charge is 2.53. The number of hydrogen-bond donors (Lipinski definition) is 2. The van der Waals surface area contributed by atoms with Crippen LogP contribution < -0.4 is 10.6 Å². The van der Waals surface area contributed by atoms with E-state index in [1.54, 1.807) is 42.5 Å². The Morgan fingerprint density at radius 2 is 1.82 bits per heavy atom. The third-order valence-electron chi connectivity index (χ3n) is 8.19. The predicted molar refractivity (Wildman–Crippen MR) is 155 cm³/mol. The largest absolute Gasteiger partial charge is 0.416 e. The van der Waals surface area contributed by atoms with Gasteiger partial charge in [0.2, 0.25) is 5.91 Å². The van der Waals surface area contributed by atoms with Gasteiger partial charge in [0.1, 0.15) is 5.69 Å². The van der Waals surface area contributed by atoms with Crippen LogP contribution >= 0.6 is 0 Å². The number of amides is 2. The number of carbonyl (C=O) groups is 2. The van der Waals surface area contributed by atoms with Crippen molar-refractivity contribution in [2.75, 3.05) is 26.2 Å². The SMILES string of the molecule is C=C(/C=C\C=C/C)[C@]1(CO[C@H](C)c2cc(C(F)(F)F)cc(C(F)(F)F)c2)CC[C@]2(CNC(=O)c3ccccn3)CN1CC(=O)N2. The van der Waals surface area contributed by atoms with E-state index in [9.17, 15) is 35.9 Å². The van der Waals surface area contributed by atoms with Gasteiger partial charge in [-0.1, -0.05) is 36.9 Å². The van der Waals surface area contributed by atoms with Crippen LogP contribution in [0, 0.1) is 0 Å². The minimum atomic E-state index is -5.00. The van der Waals surface area contributed by atoms with Gasteiger partial charge < -0.3 is 15.4 Å². The molecule has 4 atom stereocenters. The number of nitrogens with zero attached hydrogens (tertiary/aromatic N) is 2. The number of fused-ring (bicyclic) bond motifs is 2. The zero-order chi connectivity index (χ0) is 33.0. The number of allylic oxidation sites excluding steroid dienone is 3. The van der Waals surface area contributed by atoms with Crippen molar-refractivity contribution in [3.05, 3.63) is 101 Å². The lowest BCUT2D eigenvalue weighted by Crippen LogP contribution is -2.75. The first-order chi connectivity index (χ1) is 21.1. The fraction of sp³-hybridized carbons (Fsp3) is 0.406. The molecule has 45 heavy (non-hydrogen) atoms. The Labute approximate surface area is 257 Å². The summed E-state index contributed by atoms with van der Waals surface area (Å²) in [5.41, 5.74) is -4.25. The second-order valence-electron chi connectivity index (χ2n) is 11.3. The first-order valence-electron chi connectivity index (χ1n) is 14.2.